The summed E-state index contributed by atoms with van der Waals surface area (Å²) in [5.41, 5.74) is 1.08. The second-order valence-corrected chi connectivity index (χ2v) is 9.59. The summed E-state index contributed by atoms with van der Waals surface area (Å²) in [7, 11) is 1.62. The molecule has 0 saturated heterocycles. The molecule has 188 valence electrons. The molecular weight excluding hydrogens is 444 g/mol. The van der Waals surface area contributed by atoms with E-state index in [1.54, 1.807) is 27.0 Å². The molecule has 1 aromatic heterocycles. The number of carboxylic acids is 1. The molecule has 0 aliphatic heterocycles. The summed E-state index contributed by atoms with van der Waals surface area (Å²) in [6.07, 6.45) is 9.19. The van der Waals surface area contributed by atoms with Crippen LogP contribution in [0.4, 0.5) is 0 Å². The number of hydrogen-bond acceptors (Lipinski definition) is 5. The van der Waals surface area contributed by atoms with Gasteiger partial charge >= 0.3 is 5.97 Å². The largest absolute Gasteiger partial charge is 0.501 e. The van der Waals surface area contributed by atoms with Crippen LogP contribution in [0.3, 0.4) is 0 Å². The maximum Gasteiger partial charge on any atom is 0.326 e. The molecular formula is C28H36N2O5. The van der Waals surface area contributed by atoms with Gasteiger partial charge in [0.2, 0.25) is 0 Å². The number of aliphatic carboxylic acids is 1. The second kappa shape index (κ2) is 11.9. The summed E-state index contributed by atoms with van der Waals surface area (Å²) in [5, 5.41) is 13.9. The Labute approximate surface area is 207 Å². The zero-order valence-corrected chi connectivity index (χ0v) is 21.3. The van der Waals surface area contributed by atoms with Crippen molar-refractivity contribution in [2.45, 2.75) is 65.8 Å². The lowest BCUT2D eigenvalue weighted by Gasteiger charge is -2.19. The van der Waals surface area contributed by atoms with Crippen LogP contribution < -0.4 is 10.1 Å². The van der Waals surface area contributed by atoms with E-state index in [2.05, 4.69) is 5.32 Å². The predicted octanol–water partition coefficient (Wildman–Crippen LogP) is 5.64. The highest BCUT2D eigenvalue weighted by atomic mass is 16.5. The van der Waals surface area contributed by atoms with Crippen LogP contribution >= 0.6 is 0 Å². The molecule has 1 aromatic carbocycles. The number of nitrogens with zero attached hydrogens (tertiary/aromatic N) is 1. The van der Waals surface area contributed by atoms with E-state index < -0.39 is 17.9 Å². The smallest absolute Gasteiger partial charge is 0.326 e. The van der Waals surface area contributed by atoms with Crippen molar-refractivity contribution in [2.24, 2.45) is 11.8 Å². The number of carbonyl (C=O) groups excluding carboxylic acids is 1. The molecule has 7 nitrogen and oxygen atoms in total. The number of ether oxygens (including phenoxy) is 2. The van der Waals surface area contributed by atoms with Crippen LogP contribution in [0.15, 0.2) is 47.9 Å². The van der Waals surface area contributed by atoms with Gasteiger partial charge in [-0.05, 0) is 67.8 Å². The number of hydrogen-bond donors (Lipinski definition) is 2. The Hall–Kier alpha value is -3.35. The Morgan fingerprint density at radius 1 is 1.14 bits per heavy atom. The van der Waals surface area contributed by atoms with Gasteiger partial charge in [-0.1, -0.05) is 45.6 Å². The number of pyridine rings is 1. The van der Waals surface area contributed by atoms with Crippen LogP contribution in [0, 0.1) is 11.8 Å². The molecule has 1 amide bonds. The lowest BCUT2D eigenvalue weighted by molar-refractivity contribution is -0.140. The van der Waals surface area contributed by atoms with E-state index >= 15 is 0 Å². The van der Waals surface area contributed by atoms with Crippen molar-refractivity contribution in [2.75, 3.05) is 7.11 Å². The van der Waals surface area contributed by atoms with E-state index in [4.69, 9.17) is 14.5 Å². The van der Waals surface area contributed by atoms with Crippen LogP contribution in [-0.4, -0.2) is 35.1 Å². The van der Waals surface area contributed by atoms with Gasteiger partial charge in [-0.2, -0.15) is 0 Å². The van der Waals surface area contributed by atoms with Gasteiger partial charge in [-0.15, -0.1) is 0 Å². The van der Waals surface area contributed by atoms with Crippen molar-refractivity contribution in [3.05, 3.63) is 59.3 Å². The molecule has 0 spiro atoms. The van der Waals surface area contributed by atoms with Crippen molar-refractivity contribution < 1.29 is 24.2 Å². The van der Waals surface area contributed by atoms with Crippen molar-refractivity contribution in [3.8, 4) is 5.75 Å². The number of methoxy groups -OCH3 is 1. The van der Waals surface area contributed by atoms with Gasteiger partial charge in [0, 0.05) is 11.1 Å². The van der Waals surface area contributed by atoms with Crippen LogP contribution in [0.5, 0.6) is 5.75 Å². The first-order valence-corrected chi connectivity index (χ1v) is 12.2. The maximum absolute atomic E-state index is 13.0. The Kier molecular flexibility index (Phi) is 8.90. The molecule has 35 heavy (non-hydrogen) atoms. The fourth-order valence-electron chi connectivity index (χ4n) is 4.37. The van der Waals surface area contributed by atoms with Crippen LogP contribution in [0.2, 0.25) is 0 Å². The van der Waals surface area contributed by atoms with E-state index in [1.807, 2.05) is 44.2 Å². The van der Waals surface area contributed by atoms with Gasteiger partial charge in [-0.25, -0.2) is 9.78 Å². The Morgan fingerprint density at radius 2 is 1.83 bits per heavy atom. The summed E-state index contributed by atoms with van der Waals surface area (Å²) >= 11 is 0. The quantitative estimate of drug-likeness (QED) is 0.337. The number of aromatic nitrogens is 1. The molecule has 3 rings (SSSR count). The minimum absolute atomic E-state index is 0.238. The standard InChI is InChI=1S/C28H36N2O5/c1-17(2)26(28(32)33)30-27(31)25-15-21-12-13-22(35-19(4)11-10-18(3)34-5)16-23(21)24(29-25)14-20-8-6-7-9-20/h10-13,15-17,20,26H,6-9,14H2,1-5H3,(H,30,31)(H,32,33)/b18-10+,19-11+/t26-/m0/s1. The second-order valence-electron chi connectivity index (χ2n) is 9.59. The number of rotatable bonds is 10. The number of carboxylic acid groups (broad SMARTS) is 1. The zero-order valence-electron chi connectivity index (χ0n) is 21.3. The monoisotopic (exact) mass is 480 g/mol. The molecule has 0 unspecified atom stereocenters. The number of carbonyl (C=O) groups is 2. The Balaban J connectivity index is 1.96. The molecule has 7 heteroatoms. The average molecular weight is 481 g/mol. The highest BCUT2D eigenvalue weighted by Gasteiger charge is 2.25. The fraction of sp³-hybridized carbons (Fsp3) is 0.464. The first kappa shape index (κ1) is 26.3. The van der Waals surface area contributed by atoms with Crippen molar-refractivity contribution in [1.82, 2.24) is 10.3 Å². The molecule has 1 aliphatic carbocycles. The molecule has 1 heterocycles. The normalized spacial score (nSPS) is 15.9. The summed E-state index contributed by atoms with van der Waals surface area (Å²) in [6, 6.07) is 6.50. The summed E-state index contributed by atoms with van der Waals surface area (Å²) in [4.78, 5) is 29.3. The topological polar surface area (TPSA) is 97.8 Å². The van der Waals surface area contributed by atoms with Crippen molar-refractivity contribution in [3.63, 3.8) is 0 Å². The summed E-state index contributed by atoms with van der Waals surface area (Å²) in [5.74, 6) is 0.944. The third-order valence-corrected chi connectivity index (χ3v) is 6.45. The Morgan fingerprint density at radius 3 is 2.46 bits per heavy atom. The molecule has 2 aromatic rings. The number of nitrogens with one attached hydrogen (secondary N) is 1. The highest BCUT2D eigenvalue weighted by molar-refractivity contribution is 5.99. The van der Waals surface area contributed by atoms with Gasteiger partial charge < -0.3 is 19.9 Å². The molecule has 1 atom stereocenters. The highest BCUT2D eigenvalue weighted by Crippen LogP contribution is 2.32. The fourth-order valence-corrected chi connectivity index (χ4v) is 4.37. The average Bonchev–Trinajstić information content (AvgIpc) is 3.33. The number of fused-ring (bicyclic) bond motifs is 1. The third kappa shape index (κ3) is 7.07. The Bertz CT molecular complexity index is 1130. The predicted molar refractivity (Wildman–Crippen MR) is 136 cm³/mol. The van der Waals surface area contributed by atoms with E-state index in [1.165, 1.54) is 12.8 Å². The third-order valence-electron chi connectivity index (χ3n) is 6.45. The van der Waals surface area contributed by atoms with Crippen LogP contribution in [0.25, 0.3) is 10.8 Å². The minimum Gasteiger partial charge on any atom is -0.501 e. The number of benzene rings is 1. The van der Waals surface area contributed by atoms with Crippen molar-refractivity contribution in [1.29, 1.82) is 0 Å². The van der Waals surface area contributed by atoms with E-state index in [9.17, 15) is 14.7 Å². The van der Waals surface area contributed by atoms with E-state index in [-0.39, 0.29) is 11.6 Å². The van der Waals surface area contributed by atoms with E-state index in [0.29, 0.717) is 11.7 Å². The maximum atomic E-state index is 13.0. The summed E-state index contributed by atoms with van der Waals surface area (Å²) < 4.78 is 11.2. The summed E-state index contributed by atoms with van der Waals surface area (Å²) in [6.45, 7) is 7.28. The number of allylic oxidation sites excluding steroid dienone is 4. The number of amides is 1. The molecule has 1 saturated carbocycles. The molecule has 1 fully saturated rings. The first-order valence-electron chi connectivity index (χ1n) is 12.2. The molecule has 0 bridgehead atoms. The SMILES string of the molecule is CO/C(C)=C/C=C(\C)Oc1ccc2cc(C(=O)N[C@H](C(=O)O)C(C)C)nc(CC3CCCC3)c2c1. The van der Waals surface area contributed by atoms with Crippen LogP contribution in [-0.2, 0) is 16.0 Å². The van der Waals surface area contributed by atoms with Gasteiger partial charge in [0.15, 0.2) is 0 Å². The van der Waals surface area contributed by atoms with E-state index in [0.717, 1.165) is 47.2 Å². The lowest BCUT2D eigenvalue weighted by atomic mass is 9.97. The zero-order chi connectivity index (χ0) is 25.5. The molecule has 2 N–H and O–H groups in total. The molecule has 0 radical (unpaired) electrons. The molecule has 1 aliphatic rings. The van der Waals surface area contributed by atoms with Gasteiger partial charge in [0.05, 0.1) is 12.9 Å². The van der Waals surface area contributed by atoms with Crippen molar-refractivity contribution >= 4 is 22.6 Å². The minimum atomic E-state index is -1.05. The van der Waals surface area contributed by atoms with Gasteiger partial charge in [0.1, 0.15) is 23.2 Å². The van der Waals surface area contributed by atoms with Gasteiger partial charge in [-0.3, -0.25) is 4.79 Å². The van der Waals surface area contributed by atoms with Crippen LogP contribution in [0.1, 0.15) is 69.6 Å². The first-order chi connectivity index (χ1) is 16.7. The lowest BCUT2D eigenvalue weighted by Crippen LogP contribution is -2.44. The van der Waals surface area contributed by atoms with Gasteiger partial charge in [0.25, 0.3) is 5.91 Å².